The smallest absolute Gasteiger partial charge is 0.264 e. The average molecular weight is 429 g/mol. The van der Waals surface area contributed by atoms with Gasteiger partial charge >= 0.3 is 0 Å². The van der Waals surface area contributed by atoms with Gasteiger partial charge in [-0.2, -0.15) is 8.42 Å². The van der Waals surface area contributed by atoms with Gasteiger partial charge in [0.05, 0.1) is 12.9 Å². The highest BCUT2D eigenvalue weighted by molar-refractivity contribution is 7.86. The van der Waals surface area contributed by atoms with Gasteiger partial charge in [0.15, 0.2) is 12.6 Å². The van der Waals surface area contributed by atoms with Gasteiger partial charge in [0, 0.05) is 19.1 Å². The first kappa shape index (κ1) is 22.1. The molecule has 0 radical (unpaired) electrons. The summed E-state index contributed by atoms with van der Waals surface area (Å²) in [5.74, 6) is -0.365. The van der Waals surface area contributed by atoms with E-state index >= 15 is 0 Å². The summed E-state index contributed by atoms with van der Waals surface area (Å²) in [5.41, 5.74) is 0.782. The van der Waals surface area contributed by atoms with Gasteiger partial charge in [0.25, 0.3) is 10.1 Å². The number of amides is 1. The highest BCUT2D eigenvalue weighted by Gasteiger charge is 2.52. The molecule has 1 amide bonds. The number of carbonyl (C=O) groups excluding carboxylic acids is 1. The summed E-state index contributed by atoms with van der Waals surface area (Å²) in [6.07, 6.45) is -2.37. The molecule has 162 valence electrons. The first-order chi connectivity index (χ1) is 13.8. The fraction of sp³-hybridized carbons (Fsp3) is 0.632. The Morgan fingerprint density at radius 2 is 1.97 bits per heavy atom. The molecule has 0 bridgehead atoms. The van der Waals surface area contributed by atoms with Crippen molar-refractivity contribution >= 4 is 16.0 Å². The Morgan fingerprint density at radius 1 is 1.24 bits per heavy atom. The van der Waals surface area contributed by atoms with Crippen LogP contribution in [0.5, 0.6) is 0 Å². The SMILES string of the molecule is CCCO[C@@H]1O[C@@H]2CO[C@@H](c3ccccc3)O[C@H]2[C@H](OS(C)(=O)=O)[C@H]1NC(C)=O. The number of carbonyl (C=O) groups is 1. The zero-order valence-electron chi connectivity index (χ0n) is 16.6. The number of ether oxygens (including phenoxy) is 4. The third-order valence-electron chi connectivity index (χ3n) is 4.55. The maximum Gasteiger partial charge on any atom is 0.264 e. The predicted octanol–water partition coefficient (Wildman–Crippen LogP) is 1.10. The number of nitrogens with one attached hydrogen (secondary N) is 1. The van der Waals surface area contributed by atoms with E-state index < -0.39 is 47.1 Å². The monoisotopic (exact) mass is 429 g/mol. The normalized spacial score (nSPS) is 32.4. The van der Waals surface area contributed by atoms with Crippen LogP contribution in [-0.2, 0) is 38.0 Å². The van der Waals surface area contributed by atoms with Crippen LogP contribution < -0.4 is 5.32 Å². The number of hydrogen-bond acceptors (Lipinski definition) is 8. The lowest BCUT2D eigenvalue weighted by Gasteiger charge is -2.48. The van der Waals surface area contributed by atoms with Gasteiger partial charge in [0.2, 0.25) is 5.91 Å². The van der Waals surface area contributed by atoms with Gasteiger partial charge in [-0.25, -0.2) is 0 Å². The third-order valence-corrected chi connectivity index (χ3v) is 5.12. The first-order valence-electron chi connectivity index (χ1n) is 9.53. The maximum atomic E-state index is 12.0. The minimum atomic E-state index is -3.85. The highest BCUT2D eigenvalue weighted by atomic mass is 32.2. The van der Waals surface area contributed by atoms with Crippen LogP contribution in [0.2, 0.25) is 0 Å². The minimum Gasteiger partial charge on any atom is -0.350 e. The van der Waals surface area contributed by atoms with E-state index in [9.17, 15) is 13.2 Å². The lowest BCUT2D eigenvalue weighted by atomic mass is 9.95. The van der Waals surface area contributed by atoms with Crippen LogP contribution in [-0.4, -0.2) is 64.4 Å². The van der Waals surface area contributed by atoms with E-state index in [1.54, 1.807) is 0 Å². The van der Waals surface area contributed by atoms with Crippen LogP contribution in [0, 0.1) is 0 Å². The first-order valence-corrected chi connectivity index (χ1v) is 11.3. The summed E-state index contributed by atoms with van der Waals surface area (Å²) in [5, 5.41) is 2.70. The van der Waals surface area contributed by atoms with Gasteiger partial charge < -0.3 is 24.3 Å². The Kier molecular flexibility index (Phi) is 7.25. The van der Waals surface area contributed by atoms with Crippen molar-refractivity contribution < 1.29 is 36.3 Å². The molecule has 10 heteroatoms. The Labute approximate surface area is 170 Å². The fourth-order valence-corrected chi connectivity index (χ4v) is 4.06. The molecule has 1 aromatic rings. The molecule has 1 N–H and O–H groups in total. The third kappa shape index (κ3) is 5.74. The second-order valence-electron chi connectivity index (χ2n) is 7.08. The van der Waals surface area contributed by atoms with Crippen molar-refractivity contribution in [2.45, 2.75) is 57.2 Å². The van der Waals surface area contributed by atoms with Crippen molar-refractivity contribution in [1.82, 2.24) is 5.32 Å². The molecule has 0 saturated carbocycles. The summed E-state index contributed by atoms with van der Waals surface area (Å²) in [6.45, 7) is 3.80. The molecule has 2 aliphatic rings. The van der Waals surface area contributed by atoms with E-state index in [0.717, 1.165) is 18.2 Å². The molecule has 1 aromatic carbocycles. The van der Waals surface area contributed by atoms with Crippen molar-refractivity contribution in [3.8, 4) is 0 Å². The molecule has 0 spiro atoms. The summed E-state index contributed by atoms with van der Waals surface area (Å²) in [7, 11) is -3.85. The lowest BCUT2D eigenvalue weighted by Crippen LogP contribution is -2.67. The standard InChI is InChI=1S/C19H27NO8S/c1-4-10-24-19-15(20-12(2)21)17(28-29(3,22)23)16-14(26-19)11-25-18(27-16)13-8-6-5-7-9-13/h5-9,14-19H,4,10-11H2,1-3H3,(H,20,21)/t14-,15-,16-,17-,18-,19-/m1/s1. The van der Waals surface area contributed by atoms with Gasteiger partial charge in [-0.3, -0.25) is 8.98 Å². The Bertz CT molecular complexity index is 787. The van der Waals surface area contributed by atoms with Crippen LogP contribution in [0.4, 0.5) is 0 Å². The fourth-order valence-electron chi connectivity index (χ4n) is 3.43. The summed E-state index contributed by atoms with van der Waals surface area (Å²) >= 11 is 0. The molecule has 0 unspecified atom stereocenters. The van der Waals surface area contributed by atoms with Gasteiger partial charge in [-0.05, 0) is 6.42 Å². The summed E-state index contributed by atoms with van der Waals surface area (Å²) < 4.78 is 52.9. The van der Waals surface area contributed by atoms with E-state index in [4.69, 9.17) is 23.1 Å². The van der Waals surface area contributed by atoms with Crippen molar-refractivity contribution in [1.29, 1.82) is 0 Å². The Balaban J connectivity index is 1.90. The molecule has 6 atom stereocenters. The molecule has 0 aromatic heterocycles. The van der Waals surface area contributed by atoms with Crippen LogP contribution in [0.1, 0.15) is 32.1 Å². The molecular weight excluding hydrogens is 402 g/mol. The van der Waals surface area contributed by atoms with Crippen LogP contribution in [0.3, 0.4) is 0 Å². The van der Waals surface area contributed by atoms with Crippen LogP contribution >= 0.6 is 0 Å². The topological polar surface area (TPSA) is 109 Å². The van der Waals surface area contributed by atoms with Gasteiger partial charge in [0.1, 0.15) is 24.4 Å². The lowest BCUT2D eigenvalue weighted by molar-refractivity contribution is -0.340. The van der Waals surface area contributed by atoms with E-state index in [-0.39, 0.29) is 12.5 Å². The van der Waals surface area contributed by atoms with E-state index in [1.165, 1.54) is 6.92 Å². The molecule has 2 heterocycles. The predicted molar refractivity (Wildman–Crippen MR) is 102 cm³/mol. The summed E-state index contributed by atoms with van der Waals surface area (Å²) in [4.78, 5) is 11.8. The molecule has 9 nitrogen and oxygen atoms in total. The summed E-state index contributed by atoms with van der Waals surface area (Å²) in [6, 6.07) is 8.40. The number of benzene rings is 1. The van der Waals surface area contributed by atoms with Gasteiger partial charge in [-0.1, -0.05) is 37.3 Å². The van der Waals surface area contributed by atoms with Crippen molar-refractivity contribution in [2.75, 3.05) is 19.5 Å². The zero-order valence-corrected chi connectivity index (χ0v) is 17.5. The van der Waals surface area contributed by atoms with Crippen LogP contribution in [0.15, 0.2) is 30.3 Å². The Morgan fingerprint density at radius 3 is 2.59 bits per heavy atom. The van der Waals surface area contributed by atoms with E-state index in [2.05, 4.69) is 5.32 Å². The second-order valence-corrected chi connectivity index (χ2v) is 8.68. The minimum absolute atomic E-state index is 0.159. The Hall–Kier alpha value is -1.56. The largest absolute Gasteiger partial charge is 0.350 e. The van der Waals surface area contributed by atoms with Gasteiger partial charge in [-0.15, -0.1) is 0 Å². The molecule has 2 aliphatic heterocycles. The quantitative estimate of drug-likeness (QED) is 0.642. The molecular formula is C19H27NO8S. The second kappa shape index (κ2) is 9.50. The number of hydrogen-bond donors (Lipinski definition) is 1. The number of fused-ring (bicyclic) bond motifs is 1. The van der Waals surface area contributed by atoms with E-state index in [1.807, 2.05) is 37.3 Å². The zero-order chi connectivity index (χ0) is 21.0. The average Bonchev–Trinajstić information content (AvgIpc) is 2.67. The molecule has 2 saturated heterocycles. The molecule has 0 aliphatic carbocycles. The van der Waals surface area contributed by atoms with Crippen LogP contribution in [0.25, 0.3) is 0 Å². The van der Waals surface area contributed by atoms with E-state index in [0.29, 0.717) is 6.61 Å². The van der Waals surface area contributed by atoms with Crippen molar-refractivity contribution in [2.24, 2.45) is 0 Å². The molecule has 29 heavy (non-hydrogen) atoms. The number of rotatable bonds is 7. The maximum absolute atomic E-state index is 12.0. The van der Waals surface area contributed by atoms with Crippen molar-refractivity contribution in [3.05, 3.63) is 35.9 Å². The highest BCUT2D eigenvalue weighted by Crippen LogP contribution is 2.36. The van der Waals surface area contributed by atoms with Crippen molar-refractivity contribution in [3.63, 3.8) is 0 Å². The molecule has 2 fully saturated rings. The molecule has 3 rings (SSSR count).